The van der Waals surface area contributed by atoms with Crippen LogP contribution in [0.25, 0.3) is 0 Å². The van der Waals surface area contributed by atoms with Gasteiger partial charge in [0.25, 0.3) is 0 Å². The fourth-order valence-electron chi connectivity index (χ4n) is 2.84. The van der Waals surface area contributed by atoms with E-state index < -0.39 is 12.7 Å². The molecule has 1 heterocycles. The van der Waals surface area contributed by atoms with Gasteiger partial charge >= 0.3 is 6.18 Å². The van der Waals surface area contributed by atoms with Crippen molar-refractivity contribution in [3.05, 3.63) is 28.2 Å². The van der Waals surface area contributed by atoms with Gasteiger partial charge in [0, 0.05) is 25.7 Å². The van der Waals surface area contributed by atoms with Crippen molar-refractivity contribution in [2.24, 2.45) is 4.99 Å². The number of rotatable bonds is 6. The van der Waals surface area contributed by atoms with Crippen molar-refractivity contribution in [2.75, 3.05) is 33.3 Å². The van der Waals surface area contributed by atoms with Crippen molar-refractivity contribution in [3.8, 4) is 5.75 Å². The Kier molecular flexibility index (Phi) is 10.2. The number of halogens is 5. The van der Waals surface area contributed by atoms with Gasteiger partial charge in [-0.05, 0) is 47.0 Å². The van der Waals surface area contributed by atoms with Crippen LogP contribution in [0.3, 0.4) is 0 Å². The molecule has 2 N–H and O–H groups in total. The average molecular weight is 565 g/mol. The first-order valence-corrected chi connectivity index (χ1v) is 9.26. The summed E-state index contributed by atoms with van der Waals surface area (Å²) in [6, 6.07) is 5.68. The molecular weight excluding hydrogens is 540 g/mol. The summed E-state index contributed by atoms with van der Waals surface area (Å²) in [6.45, 7) is 3.01. The van der Waals surface area contributed by atoms with Crippen molar-refractivity contribution in [1.29, 1.82) is 0 Å². The van der Waals surface area contributed by atoms with Crippen LogP contribution < -0.4 is 15.4 Å². The lowest BCUT2D eigenvalue weighted by Crippen LogP contribution is -2.45. The maximum atomic E-state index is 12.5. The number of nitrogens with zero attached hydrogens (tertiary/aromatic N) is 2. The van der Waals surface area contributed by atoms with Crippen molar-refractivity contribution < 1.29 is 17.9 Å². The van der Waals surface area contributed by atoms with Crippen LogP contribution in [0.4, 0.5) is 13.2 Å². The van der Waals surface area contributed by atoms with E-state index in [1.165, 1.54) is 4.90 Å². The number of alkyl halides is 3. The second-order valence-corrected chi connectivity index (χ2v) is 7.00. The Morgan fingerprint density at radius 3 is 2.74 bits per heavy atom. The molecule has 1 aromatic rings. The lowest BCUT2D eigenvalue weighted by atomic mass is 10.2. The molecule has 0 amide bonds. The van der Waals surface area contributed by atoms with Gasteiger partial charge in [-0.25, -0.2) is 4.99 Å². The molecule has 27 heavy (non-hydrogen) atoms. The van der Waals surface area contributed by atoms with E-state index in [1.807, 2.05) is 25.1 Å². The zero-order valence-electron chi connectivity index (χ0n) is 15.3. The summed E-state index contributed by atoms with van der Waals surface area (Å²) >= 11 is 3.44. The van der Waals surface area contributed by atoms with Gasteiger partial charge in [-0.3, -0.25) is 4.90 Å². The number of hydrogen-bond donors (Lipinski definition) is 2. The fraction of sp³-hybridized carbons (Fsp3) is 0.588. The molecule has 0 spiro atoms. The van der Waals surface area contributed by atoms with Gasteiger partial charge in [-0.1, -0.05) is 6.07 Å². The normalized spacial score (nSPS) is 18.1. The van der Waals surface area contributed by atoms with E-state index in [0.29, 0.717) is 38.6 Å². The molecule has 0 aliphatic carbocycles. The van der Waals surface area contributed by atoms with Gasteiger partial charge < -0.3 is 15.4 Å². The first kappa shape index (κ1) is 24.3. The zero-order chi connectivity index (χ0) is 19.2. The zero-order valence-corrected chi connectivity index (χ0v) is 19.2. The summed E-state index contributed by atoms with van der Waals surface area (Å²) in [7, 11) is 1.61. The summed E-state index contributed by atoms with van der Waals surface area (Å²) in [5.74, 6) is 1.36. The summed E-state index contributed by atoms with van der Waals surface area (Å²) in [5.41, 5.74) is 1.000. The number of nitrogens with one attached hydrogen (secondary N) is 2. The Morgan fingerprint density at radius 1 is 1.41 bits per heavy atom. The molecule has 2 rings (SSSR count). The highest BCUT2D eigenvalue weighted by molar-refractivity contribution is 14.0. The Hall–Kier alpha value is -0.750. The number of ether oxygens (including phenoxy) is 1. The number of likely N-dealkylation sites (tertiary alicyclic amines) is 1. The van der Waals surface area contributed by atoms with Gasteiger partial charge in [-0.15, -0.1) is 24.0 Å². The highest BCUT2D eigenvalue weighted by atomic mass is 127. The first-order valence-electron chi connectivity index (χ1n) is 8.47. The topological polar surface area (TPSA) is 48.9 Å². The van der Waals surface area contributed by atoms with E-state index >= 15 is 0 Å². The van der Waals surface area contributed by atoms with Gasteiger partial charge in [0.05, 0.1) is 24.7 Å². The molecule has 0 bridgehead atoms. The van der Waals surface area contributed by atoms with E-state index in [1.54, 1.807) is 7.11 Å². The molecule has 154 valence electrons. The van der Waals surface area contributed by atoms with Gasteiger partial charge in [0.1, 0.15) is 5.75 Å². The summed E-state index contributed by atoms with van der Waals surface area (Å²) in [5, 5.41) is 6.38. The van der Waals surface area contributed by atoms with Crippen molar-refractivity contribution in [1.82, 2.24) is 15.5 Å². The Bertz CT molecular complexity index is 631. The molecule has 1 aliphatic rings. The van der Waals surface area contributed by atoms with Crippen LogP contribution in [0.2, 0.25) is 0 Å². The third kappa shape index (κ3) is 8.43. The molecular formula is C17H25BrF3IN4O. The predicted octanol–water partition coefficient (Wildman–Crippen LogP) is 3.77. The lowest BCUT2D eigenvalue weighted by Gasteiger charge is -2.19. The van der Waals surface area contributed by atoms with Crippen molar-refractivity contribution in [3.63, 3.8) is 0 Å². The monoisotopic (exact) mass is 564 g/mol. The van der Waals surface area contributed by atoms with E-state index in [2.05, 4.69) is 31.6 Å². The van der Waals surface area contributed by atoms with Crippen LogP contribution in [0.5, 0.6) is 5.75 Å². The number of hydrogen-bond acceptors (Lipinski definition) is 3. The molecule has 5 nitrogen and oxygen atoms in total. The van der Waals surface area contributed by atoms with Crippen LogP contribution in [-0.2, 0) is 6.54 Å². The summed E-state index contributed by atoms with van der Waals surface area (Å²) < 4.78 is 43.6. The molecule has 1 saturated heterocycles. The smallest absolute Gasteiger partial charge is 0.401 e. The third-order valence-corrected chi connectivity index (χ3v) is 4.62. The maximum Gasteiger partial charge on any atom is 0.401 e. The molecule has 1 atom stereocenters. The quantitative estimate of drug-likeness (QED) is 0.314. The molecule has 1 unspecified atom stereocenters. The molecule has 0 radical (unpaired) electrons. The minimum Gasteiger partial charge on any atom is -0.496 e. The number of methoxy groups -OCH3 is 1. The average Bonchev–Trinajstić information content (AvgIpc) is 2.98. The van der Waals surface area contributed by atoms with Gasteiger partial charge in [0.15, 0.2) is 5.96 Å². The Balaban J connectivity index is 0.00000364. The first-order chi connectivity index (χ1) is 12.3. The second-order valence-electron chi connectivity index (χ2n) is 6.14. The van der Waals surface area contributed by atoms with E-state index in [4.69, 9.17) is 4.74 Å². The van der Waals surface area contributed by atoms with E-state index in [9.17, 15) is 13.2 Å². The van der Waals surface area contributed by atoms with Crippen molar-refractivity contribution in [2.45, 2.75) is 32.1 Å². The molecule has 0 aromatic heterocycles. The van der Waals surface area contributed by atoms with Crippen molar-refractivity contribution >= 4 is 45.9 Å². The van der Waals surface area contributed by atoms with Crippen LogP contribution in [0, 0.1) is 0 Å². The largest absolute Gasteiger partial charge is 0.496 e. The van der Waals surface area contributed by atoms with E-state index in [-0.39, 0.29) is 30.0 Å². The van der Waals surface area contributed by atoms with Crippen LogP contribution in [0.15, 0.2) is 27.7 Å². The summed E-state index contributed by atoms with van der Waals surface area (Å²) in [4.78, 5) is 5.95. The predicted molar refractivity (Wildman–Crippen MR) is 115 cm³/mol. The molecule has 0 saturated carbocycles. The summed E-state index contributed by atoms with van der Waals surface area (Å²) in [6.07, 6.45) is -3.50. The third-order valence-electron chi connectivity index (χ3n) is 4.00. The van der Waals surface area contributed by atoms with Gasteiger partial charge in [-0.2, -0.15) is 13.2 Å². The maximum absolute atomic E-state index is 12.5. The number of guanidine groups is 1. The highest BCUT2D eigenvalue weighted by Gasteiger charge is 2.34. The lowest BCUT2D eigenvalue weighted by molar-refractivity contribution is -0.143. The molecule has 10 heteroatoms. The number of aliphatic imine (C=N–C) groups is 1. The van der Waals surface area contributed by atoms with E-state index in [0.717, 1.165) is 15.8 Å². The van der Waals surface area contributed by atoms with Gasteiger partial charge in [0.2, 0.25) is 0 Å². The Morgan fingerprint density at radius 2 is 2.15 bits per heavy atom. The fourth-order valence-corrected chi connectivity index (χ4v) is 3.43. The van der Waals surface area contributed by atoms with Crippen LogP contribution >= 0.6 is 39.9 Å². The molecule has 1 fully saturated rings. The Labute approximate surface area is 183 Å². The highest BCUT2D eigenvalue weighted by Crippen LogP contribution is 2.25. The van der Waals surface area contributed by atoms with Crippen LogP contribution in [0.1, 0.15) is 18.9 Å². The molecule has 1 aromatic carbocycles. The van der Waals surface area contributed by atoms with Crippen LogP contribution in [-0.4, -0.2) is 56.4 Å². The minimum absolute atomic E-state index is 0. The SMILES string of the molecule is CCNC(=NCc1ccc(OC)c(Br)c1)NC1CCN(CC(F)(F)F)C1.I. The minimum atomic E-state index is -4.16. The number of benzene rings is 1. The standard InChI is InChI=1S/C17H24BrF3N4O.HI/c1-3-22-16(23-9-12-4-5-15(26-2)14(18)8-12)24-13-6-7-25(10-13)11-17(19,20)21;/h4-5,8,13H,3,6-7,9-11H2,1-2H3,(H2,22,23,24);1H. The molecule has 1 aliphatic heterocycles. The second kappa shape index (κ2) is 11.3.